The number of amides is 1. The molecule has 0 saturated carbocycles. The number of rotatable bonds is 2. The molecule has 1 aromatic carbocycles. The molecule has 2 aliphatic rings. The van der Waals surface area contributed by atoms with Crippen molar-refractivity contribution in [3.8, 4) is 0 Å². The Morgan fingerprint density at radius 2 is 2.17 bits per heavy atom. The van der Waals surface area contributed by atoms with Crippen LogP contribution in [-0.4, -0.2) is 69.0 Å². The minimum absolute atomic E-state index is 0.144. The SMILES string of the molecule is Cn1cnc2cc(C(=O)N3CCCN(C4CCSC4)CC3)ccc21. The van der Waals surface area contributed by atoms with Crippen LogP contribution in [0.4, 0.5) is 0 Å². The number of benzene rings is 1. The molecule has 2 fully saturated rings. The molecular weight excluding hydrogens is 320 g/mol. The third-order valence-electron chi connectivity index (χ3n) is 5.21. The summed E-state index contributed by atoms with van der Waals surface area (Å²) in [6.45, 7) is 3.81. The van der Waals surface area contributed by atoms with E-state index in [1.165, 1.54) is 17.9 Å². The molecule has 4 rings (SSSR count). The van der Waals surface area contributed by atoms with Gasteiger partial charge in [0.1, 0.15) is 0 Å². The number of fused-ring (bicyclic) bond motifs is 1. The minimum atomic E-state index is 0.144. The average Bonchev–Trinajstić information content (AvgIpc) is 3.19. The molecule has 24 heavy (non-hydrogen) atoms. The van der Waals surface area contributed by atoms with Gasteiger partial charge in [-0.15, -0.1) is 0 Å². The van der Waals surface area contributed by atoms with E-state index >= 15 is 0 Å². The fourth-order valence-electron chi connectivity index (χ4n) is 3.77. The van der Waals surface area contributed by atoms with Crippen LogP contribution in [0.1, 0.15) is 23.2 Å². The molecule has 1 amide bonds. The molecule has 0 radical (unpaired) electrons. The van der Waals surface area contributed by atoms with Crippen molar-refractivity contribution in [2.75, 3.05) is 37.7 Å². The maximum atomic E-state index is 12.9. The van der Waals surface area contributed by atoms with Crippen molar-refractivity contribution in [2.45, 2.75) is 18.9 Å². The lowest BCUT2D eigenvalue weighted by molar-refractivity contribution is 0.0759. The smallest absolute Gasteiger partial charge is 0.253 e. The van der Waals surface area contributed by atoms with Gasteiger partial charge in [-0.05, 0) is 36.8 Å². The molecule has 6 heteroatoms. The summed E-state index contributed by atoms with van der Waals surface area (Å²) in [6, 6.07) is 6.57. The molecule has 0 N–H and O–H groups in total. The normalized spacial score (nSPS) is 22.9. The summed E-state index contributed by atoms with van der Waals surface area (Å²) >= 11 is 2.06. The highest BCUT2D eigenvalue weighted by Crippen LogP contribution is 2.23. The second-order valence-electron chi connectivity index (χ2n) is 6.76. The number of carbonyl (C=O) groups excluding carboxylic acids is 1. The second-order valence-corrected chi connectivity index (χ2v) is 7.91. The van der Waals surface area contributed by atoms with E-state index in [-0.39, 0.29) is 5.91 Å². The zero-order valence-electron chi connectivity index (χ0n) is 14.1. The molecule has 2 aromatic rings. The Hall–Kier alpha value is -1.53. The van der Waals surface area contributed by atoms with E-state index in [9.17, 15) is 4.79 Å². The summed E-state index contributed by atoms with van der Waals surface area (Å²) < 4.78 is 1.98. The van der Waals surface area contributed by atoms with E-state index in [1.54, 1.807) is 6.33 Å². The lowest BCUT2D eigenvalue weighted by atomic mass is 10.1. The molecule has 3 heterocycles. The number of aryl methyl sites for hydroxylation is 1. The second kappa shape index (κ2) is 6.76. The molecule has 0 aliphatic carbocycles. The quantitative estimate of drug-likeness (QED) is 0.838. The molecule has 128 valence electrons. The van der Waals surface area contributed by atoms with Crippen LogP contribution < -0.4 is 0 Å². The Labute approximate surface area is 147 Å². The first-order valence-corrected chi connectivity index (χ1v) is 9.90. The van der Waals surface area contributed by atoms with Crippen molar-refractivity contribution in [1.82, 2.24) is 19.4 Å². The van der Waals surface area contributed by atoms with Gasteiger partial charge in [0.25, 0.3) is 5.91 Å². The highest BCUT2D eigenvalue weighted by atomic mass is 32.2. The number of carbonyl (C=O) groups is 1. The van der Waals surface area contributed by atoms with Gasteiger partial charge in [0, 0.05) is 50.6 Å². The van der Waals surface area contributed by atoms with Crippen LogP contribution in [0.25, 0.3) is 11.0 Å². The molecule has 0 bridgehead atoms. The van der Waals surface area contributed by atoms with E-state index in [1.807, 2.05) is 34.7 Å². The Balaban J connectivity index is 1.46. The first-order chi connectivity index (χ1) is 11.7. The Morgan fingerprint density at radius 3 is 3.00 bits per heavy atom. The fourth-order valence-corrected chi connectivity index (χ4v) is 5.02. The highest BCUT2D eigenvalue weighted by molar-refractivity contribution is 7.99. The molecule has 2 aliphatic heterocycles. The molecule has 1 atom stereocenters. The van der Waals surface area contributed by atoms with Crippen LogP contribution in [-0.2, 0) is 7.05 Å². The van der Waals surface area contributed by atoms with Gasteiger partial charge in [-0.1, -0.05) is 0 Å². The number of imidazole rings is 1. The van der Waals surface area contributed by atoms with Crippen LogP contribution in [0.15, 0.2) is 24.5 Å². The van der Waals surface area contributed by atoms with Gasteiger partial charge in [0.05, 0.1) is 17.4 Å². The molecule has 1 aromatic heterocycles. The van der Waals surface area contributed by atoms with Crippen LogP contribution >= 0.6 is 11.8 Å². The summed E-state index contributed by atoms with van der Waals surface area (Å²) in [4.78, 5) is 21.9. The van der Waals surface area contributed by atoms with Crippen molar-refractivity contribution in [3.05, 3.63) is 30.1 Å². The van der Waals surface area contributed by atoms with Gasteiger partial charge in [-0.2, -0.15) is 11.8 Å². The van der Waals surface area contributed by atoms with Crippen LogP contribution in [0.5, 0.6) is 0 Å². The third kappa shape index (κ3) is 3.05. The predicted molar refractivity (Wildman–Crippen MR) is 98.5 cm³/mol. The van der Waals surface area contributed by atoms with Gasteiger partial charge < -0.3 is 9.47 Å². The van der Waals surface area contributed by atoms with Crippen molar-refractivity contribution in [2.24, 2.45) is 7.05 Å². The van der Waals surface area contributed by atoms with Gasteiger partial charge in [-0.25, -0.2) is 4.98 Å². The molecular formula is C18H24N4OS. The van der Waals surface area contributed by atoms with Crippen molar-refractivity contribution >= 4 is 28.7 Å². The van der Waals surface area contributed by atoms with Crippen LogP contribution in [0, 0.1) is 0 Å². The maximum absolute atomic E-state index is 12.9. The summed E-state index contributed by atoms with van der Waals surface area (Å²) in [6.07, 6.45) is 4.16. The topological polar surface area (TPSA) is 41.4 Å². The Kier molecular flexibility index (Phi) is 4.50. The number of aromatic nitrogens is 2. The number of hydrogen-bond donors (Lipinski definition) is 0. The number of hydrogen-bond acceptors (Lipinski definition) is 4. The Bertz CT molecular complexity index is 738. The zero-order chi connectivity index (χ0) is 16.5. The van der Waals surface area contributed by atoms with Gasteiger partial charge in [-0.3, -0.25) is 9.69 Å². The standard InChI is InChI=1S/C18H24N4OS/c1-20-13-19-16-11-14(3-4-17(16)20)18(23)22-7-2-6-21(8-9-22)15-5-10-24-12-15/h3-4,11,13,15H,2,5-10,12H2,1H3. The van der Waals surface area contributed by atoms with Gasteiger partial charge in [0.2, 0.25) is 0 Å². The fraction of sp³-hybridized carbons (Fsp3) is 0.556. The monoisotopic (exact) mass is 344 g/mol. The van der Waals surface area contributed by atoms with Gasteiger partial charge >= 0.3 is 0 Å². The summed E-state index contributed by atoms with van der Waals surface area (Å²) in [7, 11) is 1.97. The van der Waals surface area contributed by atoms with Crippen molar-refractivity contribution < 1.29 is 4.79 Å². The number of thioether (sulfide) groups is 1. The van der Waals surface area contributed by atoms with Crippen molar-refractivity contribution in [3.63, 3.8) is 0 Å². The third-order valence-corrected chi connectivity index (χ3v) is 6.36. The van der Waals surface area contributed by atoms with E-state index in [2.05, 4.69) is 21.6 Å². The lowest BCUT2D eigenvalue weighted by Gasteiger charge is -2.26. The summed E-state index contributed by atoms with van der Waals surface area (Å²) in [5.74, 6) is 2.68. The Morgan fingerprint density at radius 1 is 1.25 bits per heavy atom. The maximum Gasteiger partial charge on any atom is 0.253 e. The lowest BCUT2D eigenvalue weighted by Crippen LogP contribution is -2.39. The number of nitrogens with zero attached hydrogens (tertiary/aromatic N) is 4. The zero-order valence-corrected chi connectivity index (χ0v) is 15.0. The minimum Gasteiger partial charge on any atom is -0.337 e. The van der Waals surface area contributed by atoms with E-state index < -0.39 is 0 Å². The van der Waals surface area contributed by atoms with Crippen molar-refractivity contribution in [1.29, 1.82) is 0 Å². The molecule has 1 unspecified atom stereocenters. The van der Waals surface area contributed by atoms with Gasteiger partial charge in [0.15, 0.2) is 0 Å². The molecule has 2 saturated heterocycles. The average molecular weight is 344 g/mol. The highest BCUT2D eigenvalue weighted by Gasteiger charge is 2.26. The molecule has 0 spiro atoms. The van der Waals surface area contributed by atoms with E-state index in [0.29, 0.717) is 0 Å². The largest absolute Gasteiger partial charge is 0.337 e. The first-order valence-electron chi connectivity index (χ1n) is 8.74. The van der Waals surface area contributed by atoms with Crippen LogP contribution in [0.2, 0.25) is 0 Å². The van der Waals surface area contributed by atoms with Crippen LogP contribution in [0.3, 0.4) is 0 Å². The molecule has 5 nitrogen and oxygen atoms in total. The summed E-state index contributed by atoms with van der Waals surface area (Å²) in [5.41, 5.74) is 2.71. The van der Waals surface area contributed by atoms with E-state index in [4.69, 9.17) is 0 Å². The first kappa shape index (κ1) is 16.0. The predicted octanol–water partition coefficient (Wildman–Crippen LogP) is 2.23. The van der Waals surface area contributed by atoms with E-state index in [0.717, 1.165) is 55.2 Å². The summed E-state index contributed by atoms with van der Waals surface area (Å²) in [5, 5.41) is 0.